The van der Waals surface area contributed by atoms with Gasteiger partial charge in [0.2, 0.25) is 10.0 Å². The molecule has 0 amide bonds. The maximum absolute atomic E-state index is 11.9. The van der Waals surface area contributed by atoms with Crippen LogP contribution in [0.2, 0.25) is 0 Å². The first-order chi connectivity index (χ1) is 8.62. The summed E-state index contributed by atoms with van der Waals surface area (Å²) in [6, 6.07) is 6.70. The van der Waals surface area contributed by atoms with Crippen molar-refractivity contribution in [3.05, 3.63) is 29.8 Å². The molecule has 1 saturated carbocycles. The number of nitrogens with two attached hydrogens (primary N) is 1. The highest BCUT2D eigenvalue weighted by molar-refractivity contribution is 7.89. The third-order valence-electron chi connectivity index (χ3n) is 3.25. The highest BCUT2D eigenvalue weighted by atomic mass is 32.2. The molecule has 5 heteroatoms. The molecular weight excluding hydrogens is 248 g/mol. The number of sulfonamides is 1. The van der Waals surface area contributed by atoms with Crippen LogP contribution in [0.1, 0.15) is 31.2 Å². The minimum atomic E-state index is -3.35. The van der Waals surface area contributed by atoms with Crippen LogP contribution < -0.4 is 10.5 Å². The Kier molecular flexibility index (Phi) is 4.37. The number of hydrogen-bond acceptors (Lipinski definition) is 3. The fourth-order valence-corrected chi connectivity index (χ4v) is 2.97. The van der Waals surface area contributed by atoms with E-state index in [-0.39, 0.29) is 0 Å². The summed E-state index contributed by atoms with van der Waals surface area (Å²) in [6.07, 6.45) is 4.68. The van der Waals surface area contributed by atoms with Gasteiger partial charge in [0.15, 0.2) is 0 Å². The van der Waals surface area contributed by atoms with E-state index >= 15 is 0 Å². The topological polar surface area (TPSA) is 72.2 Å². The molecule has 2 rings (SSSR count). The molecule has 1 aromatic carbocycles. The molecule has 18 heavy (non-hydrogen) atoms. The Bertz CT molecular complexity index is 478. The molecule has 100 valence electrons. The zero-order valence-corrected chi connectivity index (χ0v) is 11.2. The second-order valence-electron chi connectivity index (χ2n) is 4.83. The largest absolute Gasteiger partial charge is 0.326 e. The van der Waals surface area contributed by atoms with E-state index in [0.717, 1.165) is 24.3 Å². The predicted octanol–water partition coefficient (Wildman–Crippen LogP) is 1.61. The molecular formula is C13H20N2O2S. The third kappa shape index (κ3) is 3.80. The van der Waals surface area contributed by atoms with Crippen LogP contribution >= 0.6 is 0 Å². The summed E-state index contributed by atoms with van der Waals surface area (Å²) in [4.78, 5) is 0.311. The standard InChI is InChI=1S/C13H20N2O2S/c14-10-12-5-7-13(8-6-12)18(16,17)15-9-1-2-11-3-4-11/h5-8,11,15H,1-4,9-10,14H2. The van der Waals surface area contributed by atoms with Gasteiger partial charge in [-0.15, -0.1) is 0 Å². The van der Waals surface area contributed by atoms with E-state index in [1.165, 1.54) is 12.8 Å². The summed E-state index contributed by atoms with van der Waals surface area (Å²) in [5.41, 5.74) is 6.41. The van der Waals surface area contributed by atoms with E-state index in [0.29, 0.717) is 18.0 Å². The van der Waals surface area contributed by atoms with Crippen molar-refractivity contribution in [2.24, 2.45) is 11.7 Å². The van der Waals surface area contributed by atoms with Gasteiger partial charge in [-0.2, -0.15) is 0 Å². The van der Waals surface area contributed by atoms with Gasteiger partial charge < -0.3 is 5.73 Å². The molecule has 1 aliphatic carbocycles. The monoisotopic (exact) mass is 268 g/mol. The van der Waals surface area contributed by atoms with Crippen molar-refractivity contribution >= 4 is 10.0 Å². The van der Waals surface area contributed by atoms with E-state index in [4.69, 9.17) is 5.73 Å². The molecule has 0 aliphatic heterocycles. The normalized spacial score (nSPS) is 15.8. The average molecular weight is 268 g/mol. The van der Waals surface area contributed by atoms with E-state index < -0.39 is 10.0 Å². The first-order valence-electron chi connectivity index (χ1n) is 6.40. The SMILES string of the molecule is NCc1ccc(S(=O)(=O)NCCCC2CC2)cc1. The predicted molar refractivity (Wildman–Crippen MR) is 71.5 cm³/mol. The van der Waals surface area contributed by atoms with Crippen molar-refractivity contribution in [2.75, 3.05) is 6.54 Å². The van der Waals surface area contributed by atoms with Crippen LogP contribution in [-0.2, 0) is 16.6 Å². The quantitative estimate of drug-likeness (QED) is 0.738. The molecule has 0 heterocycles. The molecule has 0 unspecified atom stereocenters. The minimum Gasteiger partial charge on any atom is -0.326 e. The Labute approximate surface area is 109 Å². The van der Waals surface area contributed by atoms with E-state index in [1.807, 2.05) is 0 Å². The van der Waals surface area contributed by atoms with Crippen molar-refractivity contribution < 1.29 is 8.42 Å². The third-order valence-corrected chi connectivity index (χ3v) is 4.72. The summed E-state index contributed by atoms with van der Waals surface area (Å²) in [6.45, 7) is 0.951. The molecule has 1 aromatic rings. The Hall–Kier alpha value is -0.910. The van der Waals surface area contributed by atoms with Gasteiger partial charge in [-0.05, 0) is 36.5 Å². The lowest BCUT2D eigenvalue weighted by Gasteiger charge is -2.07. The van der Waals surface area contributed by atoms with E-state index in [1.54, 1.807) is 24.3 Å². The summed E-state index contributed by atoms with van der Waals surface area (Å²) in [7, 11) is -3.35. The first kappa shape index (κ1) is 13.5. The summed E-state index contributed by atoms with van der Waals surface area (Å²) in [5.74, 6) is 0.846. The molecule has 0 spiro atoms. The van der Waals surface area contributed by atoms with Crippen molar-refractivity contribution in [1.29, 1.82) is 0 Å². The molecule has 0 bridgehead atoms. The summed E-state index contributed by atoms with van der Waals surface area (Å²) in [5, 5.41) is 0. The molecule has 0 radical (unpaired) electrons. The Morgan fingerprint density at radius 2 is 1.89 bits per heavy atom. The molecule has 1 aliphatic rings. The zero-order chi connectivity index (χ0) is 13.0. The minimum absolute atomic E-state index is 0.311. The summed E-state index contributed by atoms with van der Waals surface area (Å²) < 4.78 is 26.5. The fraction of sp³-hybridized carbons (Fsp3) is 0.538. The molecule has 0 saturated heterocycles. The van der Waals surface area contributed by atoms with E-state index in [2.05, 4.69) is 4.72 Å². The molecule has 3 N–H and O–H groups in total. The van der Waals surface area contributed by atoms with Gasteiger partial charge in [0, 0.05) is 13.1 Å². The van der Waals surface area contributed by atoms with Gasteiger partial charge in [0.1, 0.15) is 0 Å². The van der Waals surface area contributed by atoms with Crippen LogP contribution in [0.5, 0.6) is 0 Å². The second-order valence-corrected chi connectivity index (χ2v) is 6.60. The zero-order valence-electron chi connectivity index (χ0n) is 10.4. The highest BCUT2D eigenvalue weighted by Gasteiger charge is 2.20. The van der Waals surface area contributed by atoms with Gasteiger partial charge >= 0.3 is 0 Å². The Morgan fingerprint density at radius 3 is 2.44 bits per heavy atom. The Morgan fingerprint density at radius 1 is 1.22 bits per heavy atom. The number of nitrogens with one attached hydrogen (secondary N) is 1. The van der Waals surface area contributed by atoms with E-state index in [9.17, 15) is 8.42 Å². The Balaban J connectivity index is 1.87. The number of hydrogen-bond donors (Lipinski definition) is 2. The fourth-order valence-electron chi connectivity index (χ4n) is 1.89. The van der Waals surface area contributed by atoms with Crippen molar-refractivity contribution in [3.63, 3.8) is 0 Å². The highest BCUT2D eigenvalue weighted by Crippen LogP contribution is 2.33. The lowest BCUT2D eigenvalue weighted by atomic mass is 10.2. The van der Waals surface area contributed by atoms with Crippen molar-refractivity contribution in [2.45, 2.75) is 37.1 Å². The van der Waals surface area contributed by atoms with Crippen molar-refractivity contribution in [1.82, 2.24) is 4.72 Å². The van der Waals surface area contributed by atoms with Crippen LogP contribution in [0, 0.1) is 5.92 Å². The molecule has 1 fully saturated rings. The van der Waals surface area contributed by atoms with Gasteiger partial charge in [-0.3, -0.25) is 0 Å². The molecule has 0 aromatic heterocycles. The van der Waals surface area contributed by atoms with Gasteiger partial charge in [-0.25, -0.2) is 13.1 Å². The number of benzene rings is 1. The molecule has 0 atom stereocenters. The van der Waals surface area contributed by atoms with Crippen LogP contribution in [0.3, 0.4) is 0 Å². The number of rotatable bonds is 7. The van der Waals surface area contributed by atoms with Crippen LogP contribution in [-0.4, -0.2) is 15.0 Å². The maximum atomic E-state index is 11.9. The van der Waals surface area contributed by atoms with Crippen LogP contribution in [0.4, 0.5) is 0 Å². The lowest BCUT2D eigenvalue weighted by Crippen LogP contribution is -2.24. The first-order valence-corrected chi connectivity index (χ1v) is 7.89. The summed E-state index contributed by atoms with van der Waals surface area (Å²) >= 11 is 0. The van der Waals surface area contributed by atoms with Gasteiger partial charge in [-0.1, -0.05) is 25.0 Å². The van der Waals surface area contributed by atoms with Crippen LogP contribution in [0.15, 0.2) is 29.2 Å². The maximum Gasteiger partial charge on any atom is 0.240 e. The van der Waals surface area contributed by atoms with Crippen molar-refractivity contribution in [3.8, 4) is 0 Å². The lowest BCUT2D eigenvalue weighted by molar-refractivity contribution is 0.572. The smallest absolute Gasteiger partial charge is 0.240 e. The van der Waals surface area contributed by atoms with Gasteiger partial charge in [0.05, 0.1) is 4.90 Å². The average Bonchev–Trinajstić information content (AvgIpc) is 3.19. The van der Waals surface area contributed by atoms with Gasteiger partial charge in [0.25, 0.3) is 0 Å². The molecule has 4 nitrogen and oxygen atoms in total. The second kappa shape index (κ2) is 5.82. The van der Waals surface area contributed by atoms with Crippen LogP contribution in [0.25, 0.3) is 0 Å².